The average molecular weight is 1600 g/mol. The van der Waals surface area contributed by atoms with Crippen molar-refractivity contribution in [1.29, 1.82) is 0 Å². The van der Waals surface area contributed by atoms with Crippen LogP contribution >= 0.6 is 23.8 Å². The predicted molar refractivity (Wildman–Crippen MR) is 441 cm³/mol. The molecule has 610 valence electrons. The van der Waals surface area contributed by atoms with Crippen molar-refractivity contribution in [2.75, 3.05) is 141 Å². The zero-order chi connectivity index (χ0) is 85.5. The number of nitro benzene ring substituents is 5. The quantitative estimate of drug-likeness (QED) is 0.0110. The van der Waals surface area contributed by atoms with Crippen molar-refractivity contribution < 1.29 is 77.0 Å². The first-order chi connectivity index (χ1) is 53.0. The van der Waals surface area contributed by atoms with E-state index in [0.717, 1.165) is 78.8 Å². The molecule has 34 nitrogen and oxygen atoms in total. The van der Waals surface area contributed by atoms with Gasteiger partial charge >= 0.3 is 0 Å². The lowest BCUT2D eigenvalue weighted by Gasteiger charge is -2.21. The summed E-state index contributed by atoms with van der Waals surface area (Å²) >= 11 is 9.23. The number of methoxy groups -OCH3 is 7. The molecular weight excluding hydrogens is 1500 g/mol. The molecule has 0 bridgehead atoms. The number of rotatable bonds is 29. The van der Waals surface area contributed by atoms with E-state index in [1.807, 2.05) is 62.4 Å². The Kier molecular flexibility index (Phi) is 47.4. The van der Waals surface area contributed by atoms with Crippen LogP contribution in [0.15, 0.2) is 132 Å². The number of thiocarbonyl (C=S) groups is 1. The molecule has 0 unspecified atom stereocenters. The van der Waals surface area contributed by atoms with Crippen molar-refractivity contribution in [3.8, 4) is 40.2 Å². The lowest BCUT2D eigenvalue weighted by atomic mass is 10.1. The van der Waals surface area contributed by atoms with Crippen LogP contribution in [0.5, 0.6) is 40.2 Å². The number of aliphatic imine (C=N–C) groups is 1. The molecule has 36 heteroatoms. The summed E-state index contributed by atoms with van der Waals surface area (Å²) in [5.74, 6) is 3.94. The third-order valence-electron chi connectivity index (χ3n) is 15.3. The Morgan fingerprint density at radius 2 is 0.705 bits per heavy atom. The number of benzene rings is 7. The number of carbonyl (C=O) groups excluding carboxylic acids is 4. The standard InChI is InChI=1S/C12H16N2OS.2C11H14N2O4.C11H16N2O3.C11H18N2O.C11H13NO4.C7H8N2O3.C2H3ClO/c1-4-7-14(2)11-8-10(13-9-16)5-6-12(11)15-3;2*1-4-11(14)12(2)9-7-8(13(15)16)5-6-10(9)17-3;1-4-7-12(2)10-8-9(13(14)15)5-6-11(10)16-3;1-4-7-13(2)10-8-9(12)5-6-11(10)14-3;1-3-10(13)7-8-6-9(12(14)15)4-5-11(8)16-2;1-12-7-3-2-5(9(10)11)4-6(7)8;1-2(3)4/h5-6,8H,4,7H2,1-3H3;2*5-7H,4H2,1-3H3;5-6,8H,4,7H2,1-3H3;5-6,8H,4,7,12H2,1-3H3;4-6H,3,7H2,1-2H3;2-4H,8H2,1H3;1H3. The second kappa shape index (κ2) is 53.3. The number of nitrogen functional groups attached to an aromatic ring is 2. The molecule has 0 radical (unpaired) electrons. The zero-order valence-corrected chi connectivity index (χ0v) is 68.2. The molecule has 7 aromatic rings. The van der Waals surface area contributed by atoms with Crippen molar-refractivity contribution in [3.05, 3.63) is 184 Å². The molecule has 0 spiro atoms. The molecule has 2 amide bonds. The number of carbonyl (C=O) groups is 4. The van der Waals surface area contributed by atoms with Crippen LogP contribution in [0.2, 0.25) is 0 Å². The second-order valence-corrected chi connectivity index (χ2v) is 23.9. The molecule has 0 heterocycles. The summed E-state index contributed by atoms with van der Waals surface area (Å²) in [5.41, 5.74) is 17.1. The van der Waals surface area contributed by atoms with E-state index in [2.05, 4.69) is 64.5 Å². The highest BCUT2D eigenvalue weighted by Crippen LogP contribution is 2.36. The zero-order valence-electron chi connectivity index (χ0n) is 66.6. The Bertz CT molecular complexity index is 4140. The average Bonchev–Trinajstić information content (AvgIpc) is 0.742. The van der Waals surface area contributed by atoms with Crippen LogP contribution in [0, 0.1) is 50.6 Å². The van der Waals surface area contributed by atoms with Gasteiger partial charge in [0.1, 0.15) is 46.0 Å². The summed E-state index contributed by atoms with van der Waals surface area (Å²) in [6.07, 6.45) is 4.38. The fraction of sp³-hybridized carbons (Fsp3) is 0.382. The van der Waals surface area contributed by atoms with E-state index in [0.29, 0.717) is 64.9 Å². The molecule has 0 saturated heterocycles. The predicted octanol–water partition coefficient (Wildman–Crippen LogP) is 15.9. The minimum absolute atomic E-state index is 0.0267. The van der Waals surface area contributed by atoms with Gasteiger partial charge in [-0.15, -0.1) is 0 Å². The Morgan fingerprint density at radius 1 is 0.420 bits per heavy atom. The number of ether oxygens (including phenoxy) is 7. The van der Waals surface area contributed by atoms with Crippen molar-refractivity contribution in [1.82, 2.24) is 0 Å². The van der Waals surface area contributed by atoms with Gasteiger partial charge in [0.2, 0.25) is 17.1 Å². The van der Waals surface area contributed by atoms with Crippen molar-refractivity contribution in [2.24, 2.45) is 4.99 Å². The van der Waals surface area contributed by atoms with Crippen LogP contribution in [-0.2, 0) is 25.6 Å². The van der Waals surface area contributed by atoms with Gasteiger partial charge in [-0.1, -0.05) is 41.5 Å². The summed E-state index contributed by atoms with van der Waals surface area (Å²) in [6, 6.07) is 32.6. The number of nitrogens with two attached hydrogens (primary N) is 2. The number of ketones is 1. The Balaban J connectivity index is 0.00000127. The maximum atomic E-state index is 11.6. The Labute approximate surface area is 662 Å². The van der Waals surface area contributed by atoms with Crippen LogP contribution < -0.4 is 69.1 Å². The minimum atomic E-state index is -0.507. The van der Waals surface area contributed by atoms with Gasteiger partial charge in [0.15, 0.2) is 0 Å². The molecule has 112 heavy (non-hydrogen) atoms. The number of nitro groups is 5. The van der Waals surface area contributed by atoms with E-state index in [1.54, 1.807) is 62.3 Å². The molecule has 0 aliphatic rings. The molecule has 4 N–H and O–H groups in total. The van der Waals surface area contributed by atoms with Gasteiger partial charge in [0.05, 0.1) is 119 Å². The van der Waals surface area contributed by atoms with Gasteiger partial charge < -0.3 is 69.1 Å². The number of isothiocyanates is 1. The molecule has 7 rings (SSSR count). The first-order valence-corrected chi connectivity index (χ1v) is 35.2. The second-order valence-electron chi connectivity index (χ2n) is 23.2. The summed E-state index contributed by atoms with van der Waals surface area (Å²) in [4.78, 5) is 107. The SMILES string of the molecule is CC(=O)Cl.CCC(=O)Cc1cc([N+](=O)[O-])ccc1OC.CCC(=O)N(C)c1cc([N+](=O)[O-])ccc1OC.CCC(=O)N(C)c1cc([N+](=O)[O-])ccc1OC.CCCN(C)c1cc(N)ccc1OC.CCCN(C)c1cc(N=C=S)ccc1OC.CCCN(C)c1cc([N+](=O)[O-])ccc1OC.COc1ccc([N+](=O)[O-])cc1N. The molecule has 0 aromatic heterocycles. The number of nitrogens with zero attached hydrogens (tertiary/aromatic N) is 11. The monoisotopic (exact) mass is 1600 g/mol. The third-order valence-corrected chi connectivity index (χ3v) is 15.4. The van der Waals surface area contributed by atoms with Gasteiger partial charge in [-0.3, -0.25) is 69.7 Å². The highest BCUT2D eigenvalue weighted by Gasteiger charge is 2.21. The number of halogens is 1. The van der Waals surface area contributed by atoms with Crippen LogP contribution in [0.3, 0.4) is 0 Å². The van der Waals surface area contributed by atoms with Crippen LogP contribution in [0.1, 0.15) is 92.6 Å². The lowest BCUT2D eigenvalue weighted by molar-refractivity contribution is -0.385. The van der Waals surface area contributed by atoms with Crippen LogP contribution in [0.25, 0.3) is 0 Å². The van der Waals surface area contributed by atoms with Crippen molar-refractivity contribution in [3.63, 3.8) is 0 Å². The summed E-state index contributed by atoms with van der Waals surface area (Å²) < 4.78 is 35.8. The first-order valence-electron chi connectivity index (χ1n) is 34.4. The van der Waals surface area contributed by atoms with Gasteiger partial charge in [-0.25, -0.2) is 0 Å². The maximum Gasteiger partial charge on any atom is 0.271 e. The molecule has 0 aliphatic carbocycles. The summed E-state index contributed by atoms with van der Waals surface area (Å²) in [5, 5.41) is 54.9. The fourth-order valence-corrected chi connectivity index (χ4v) is 9.71. The van der Waals surface area contributed by atoms with Gasteiger partial charge in [-0.2, -0.15) is 4.99 Å². The lowest BCUT2D eigenvalue weighted by Crippen LogP contribution is -2.25. The van der Waals surface area contributed by atoms with E-state index in [9.17, 15) is 69.7 Å². The number of hydrogen-bond acceptors (Lipinski definition) is 28. The van der Waals surface area contributed by atoms with Crippen molar-refractivity contribution in [2.45, 2.75) is 93.4 Å². The maximum absolute atomic E-state index is 11.6. The van der Waals surface area contributed by atoms with E-state index < -0.39 is 24.6 Å². The first kappa shape index (κ1) is 99.5. The molecule has 0 atom stereocenters. The Hall–Kier alpha value is -12.5. The van der Waals surface area contributed by atoms with Crippen molar-refractivity contribution >= 4 is 126 Å². The highest BCUT2D eigenvalue weighted by atomic mass is 35.5. The van der Waals surface area contributed by atoms with E-state index in [4.69, 9.17) is 44.6 Å². The van der Waals surface area contributed by atoms with Gasteiger partial charge in [0.25, 0.3) is 28.4 Å². The van der Waals surface area contributed by atoms with Gasteiger partial charge in [-0.05, 0) is 110 Å². The number of hydrogen-bond donors (Lipinski definition) is 2. The topological polar surface area (TPSA) is 429 Å². The fourth-order valence-electron chi connectivity index (χ4n) is 9.60. The normalized spacial score (nSPS) is 9.64. The smallest absolute Gasteiger partial charge is 0.271 e. The van der Waals surface area contributed by atoms with Crippen LogP contribution in [-0.4, -0.2) is 157 Å². The molecule has 0 saturated carbocycles. The number of Topliss-reactive ketones (excluding diaryl/α,β-unsaturated/α-hetero) is 1. The van der Waals surface area contributed by atoms with Crippen LogP contribution in [0.4, 0.5) is 73.9 Å². The highest BCUT2D eigenvalue weighted by molar-refractivity contribution is 7.78. The number of non-ortho nitro benzene ring substituents is 5. The number of amides is 2. The van der Waals surface area contributed by atoms with E-state index in [-0.39, 0.29) is 63.4 Å². The molecule has 0 aliphatic heterocycles. The summed E-state index contributed by atoms with van der Waals surface area (Å²) in [7, 11) is 19.8. The summed E-state index contributed by atoms with van der Waals surface area (Å²) in [6.45, 7) is 15.6. The number of anilines is 7. The minimum Gasteiger partial charge on any atom is -0.496 e. The molecule has 7 aromatic carbocycles. The van der Waals surface area contributed by atoms with E-state index >= 15 is 0 Å². The van der Waals surface area contributed by atoms with E-state index in [1.165, 1.54) is 130 Å². The Morgan fingerprint density at radius 3 is 1.02 bits per heavy atom. The third kappa shape index (κ3) is 34.4. The van der Waals surface area contributed by atoms with Gasteiger partial charge in [0, 0.05) is 159 Å². The molecule has 0 fully saturated rings. The largest absolute Gasteiger partial charge is 0.496 e. The molecular formula is C76H102ClN13O21S.